The lowest BCUT2D eigenvalue weighted by atomic mass is 9.66. The minimum absolute atomic E-state index is 0.459. The van der Waals surface area contributed by atoms with Crippen molar-refractivity contribution in [3.05, 3.63) is 21.3 Å². The molecule has 1 saturated carbocycles. The normalized spacial score (nSPS) is 27.3. The molecule has 0 radical (unpaired) electrons. The van der Waals surface area contributed by atoms with E-state index in [2.05, 4.69) is 31.5 Å². The average molecular weight is 286 g/mol. The SMILES string of the molecule is CCNCC1CCC(C)(C)CC1c1sccc1Cl. The van der Waals surface area contributed by atoms with E-state index in [0.29, 0.717) is 11.3 Å². The first kappa shape index (κ1) is 14.4. The van der Waals surface area contributed by atoms with Crippen molar-refractivity contribution in [2.45, 2.75) is 46.0 Å². The van der Waals surface area contributed by atoms with Crippen LogP contribution in [0.2, 0.25) is 5.02 Å². The Hall–Kier alpha value is -0.0500. The van der Waals surface area contributed by atoms with Gasteiger partial charge in [-0.15, -0.1) is 11.3 Å². The van der Waals surface area contributed by atoms with Gasteiger partial charge < -0.3 is 5.32 Å². The molecule has 3 heteroatoms. The lowest BCUT2D eigenvalue weighted by Gasteiger charge is -2.40. The van der Waals surface area contributed by atoms with Gasteiger partial charge in [0.25, 0.3) is 0 Å². The number of nitrogens with one attached hydrogen (secondary N) is 1. The predicted molar refractivity (Wildman–Crippen MR) is 81.7 cm³/mol. The zero-order valence-electron chi connectivity index (χ0n) is 11.6. The van der Waals surface area contributed by atoms with Gasteiger partial charge in [-0.05, 0) is 61.0 Å². The summed E-state index contributed by atoms with van der Waals surface area (Å²) in [7, 11) is 0. The van der Waals surface area contributed by atoms with Crippen molar-refractivity contribution in [3.63, 3.8) is 0 Å². The van der Waals surface area contributed by atoms with Gasteiger partial charge in [0, 0.05) is 4.88 Å². The maximum atomic E-state index is 6.36. The van der Waals surface area contributed by atoms with Crippen LogP contribution in [-0.2, 0) is 0 Å². The van der Waals surface area contributed by atoms with Gasteiger partial charge in [-0.1, -0.05) is 32.4 Å². The highest BCUT2D eigenvalue weighted by atomic mass is 35.5. The van der Waals surface area contributed by atoms with E-state index in [1.807, 2.05) is 17.4 Å². The molecule has 18 heavy (non-hydrogen) atoms. The van der Waals surface area contributed by atoms with Gasteiger partial charge in [-0.25, -0.2) is 0 Å². The predicted octanol–water partition coefficient (Wildman–Crippen LogP) is 4.92. The van der Waals surface area contributed by atoms with Crippen molar-refractivity contribution in [3.8, 4) is 0 Å². The Kier molecular flexibility index (Phi) is 4.74. The van der Waals surface area contributed by atoms with Gasteiger partial charge in [0.1, 0.15) is 0 Å². The van der Waals surface area contributed by atoms with Crippen LogP contribution in [0.5, 0.6) is 0 Å². The monoisotopic (exact) mass is 285 g/mol. The van der Waals surface area contributed by atoms with Gasteiger partial charge in [-0.2, -0.15) is 0 Å². The van der Waals surface area contributed by atoms with Crippen LogP contribution in [0, 0.1) is 11.3 Å². The van der Waals surface area contributed by atoms with Crippen molar-refractivity contribution in [1.82, 2.24) is 5.32 Å². The number of hydrogen-bond donors (Lipinski definition) is 1. The summed E-state index contributed by atoms with van der Waals surface area (Å²) in [5.41, 5.74) is 0.459. The molecule has 1 aliphatic carbocycles. The lowest BCUT2D eigenvalue weighted by molar-refractivity contribution is 0.162. The molecule has 0 aliphatic heterocycles. The molecule has 1 aromatic rings. The Morgan fingerprint density at radius 2 is 2.28 bits per heavy atom. The molecule has 1 heterocycles. The van der Waals surface area contributed by atoms with E-state index in [9.17, 15) is 0 Å². The summed E-state index contributed by atoms with van der Waals surface area (Å²) in [4.78, 5) is 1.41. The molecule has 102 valence electrons. The molecule has 2 unspecified atom stereocenters. The first-order valence-electron chi connectivity index (χ1n) is 6.97. The molecule has 0 bridgehead atoms. The van der Waals surface area contributed by atoms with Gasteiger partial charge in [0.05, 0.1) is 5.02 Å². The fourth-order valence-electron chi connectivity index (χ4n) is 3.09. The summed E-state index contributed by atoms with van der Waals surface area (Å²) in [5.74, 6) is 1.38. The van der Waals surface area contributed by atoms with Crippen molar-refractivity contribution in [2.24, 2.45) is 11.3 Å². The van der Waals surface area contributed by atoms with Crippen LogP contribution in [0.4, 0.5) is 0 Å². The second kappa shape index (κ2) is 5.94. The molecule has 0 spiro atoms. The van der Waals surface area contributed by atoms with Gasteiger partial charge >= 0.3 is 0 Å². The Balaban J connectivity index is 2.17. The third kappa shape index (κ3) is 3.28. The molecule has 1 fully saturated rings. The van der Waals surface area contributed by atoms with E-state index in [1.165, 1.54) is 24.1 Å². The molecule has 1 nitrogen and oxygen atoms in total. The number of hydrogen-bond acceptors (Lipinski definition) is 2. The van der Waals surface area contributed by atoms with Crippen molar-refractivity contribution >= 4 is 22.9 Å². The first-order valence-corrected chi connectivity index (χ1v) is 8.23. The summed E-state index contributed by atoms with van der Waals surface area (Å²) in [6.07, 6.45) is 3.92. The second-order valence-electron chi connectivity index (χ2n) is 6.21. The summed E-state index contributed by atoms with van der Waals surface area (Å²) in [6, 6.07) is 2.05. The zero-order valence-corrected chi connectivity index (χ0v) is 13.2. The Morgan fingerprint density at radius 1 is 1.50 bits per heavy atom. The molecule has 1 N–H and O–H groups in total. The summed E-state index contributed by atoms with van der Waals surface area (Å²) < 4.78 is 0. The van der Waals surface area contributed by atoms with Crippen LogP contribution in [0.15, 0.2) is 11.4 Å². The van der Waals surface area contributed by atoms with Crippen molar-refractivity contribution in [2.75, 3.05) is 13.1 Å². The number of rotatable bonds is 4. The molecule has 0 aromatic carbocycles. The fraction of sp³-hybridized carbons (Fsp3) is 0.733. The zero-order chi connectivity index (χ0) is 13.2. The Labute approximate surface area is 120 Å². The Bertz CT molecular complexity index is 386. The van der Waals surface area contributed by atoms with E-state index < -0.39 is 0 Å². The van der Waals surface area contributed by atoms with Crippen LogP contribution in [0.1, 0.15) is 50.8 Å². The van der Waals surface area contributed by atoms with Gasteiger partial charge in [0.15, 0.2) is 0 Å². The second-order valence-corrected chi connectivity index (χ2v) is 7.57. The quantitative estimate of drug-likeness (QED) is 0.828. The van der Waals surface area contributed by atoms with Crippen LogP contribution in [0.25, 0.3) is 0 Å². The maximum absolute atomic E-state index is 6.36. The summed E-state index contributed by atoms with van der Waals surface area (Å²) in [6.45, 7) is 9.16. The van der Waals surface area contributed by atoms with Crippen LogP contribution in [0.3, 0.4) is 0 Å². The maximum Gasteiger partial charge on any atom is 0.0547 e. The van der Waals surface area contributed by atoms with Crippen LogP contribution >= 0.6 is 22.9 Å². The number of thiophene rings is 1. The third-order valence-electron chi connectivity index (χ3n) is 4.17. The molecule has 0 saturated heterocycles. The summed E-state index contributed by atoms with van der Waals surface area (Å²) in [5, 5.41) is 6.62. The topological polar surface area (TPSA) is 12.0 Å². The molecular formula is C15H24ClNS. The number of halogens is 1. The Morgan fingerprint density at radius 3 is 2.89 bits per heavy atom. The van der Waals surface area contributed by atoms with E-state index >= 15 is 0 Å². The van der Waals surface area contributed by atoms with E-state index in [0.717, 1.165) is 24.0 Å². The minimum atomic E-state index is 0.459. The van der Waals surface area contributed by atoms with Crippen LogP contribution < -0.4 is 5.32 Å². The molecular weight excluding hydrogens is 262 g/mol. The standard InChI is InChI=1S/C15H24ClNS/c1-4-17-10-11-5-7-15(2,3)9-12(11)14-13(16)6-8-18-14/h6,8,11-12,17H,4-5,7,9-10H2,1-3H3. The third-order valence-corrected chi connectivity index (χ3v) is 5.66. The van der Waals surface area contributed by atoms with E-state index in [-0.39, 0.29) is 0 Å². The average Bonchev–Trinajstić information content (AvgIpc) is 2.73. The largest absolute Gasteiger partial charge is 0.317 e. The highest BCUT2D eigenvalue weighted by molar-refractivity contribution is 7.10. The molecule has 1 aromatic heterocycles. The molecule has 0 amide bonds. The van der Waals surface area contributed by atoms with Crippen molar-refractivity contribution in [1.29, 1.82) is 0 Å². The van der Waals surface area contributed by atoms with Crippen molar-refractivity contribution < 1.29 is 0 Å². The first-order chi connectivity index (χ1) is 8.53. The molecule has 2 rings (SSSR count). The van der Waals surface area contributed by atoms with Gasteiger partial charge in [0.2, 0.25) is 0 Å². The highest BCUT2D eigenvalue weighted by Gasteiger charge is 2.36. The van der Waals surface area contributed by atoms with E-state index in [4.69, 9.17) is 11.6 Å². The molecule has 2 atom stereocenters. The smallest absolute Gasteiger partial charge is 0.0547 e. The van der Waals surface area contributed by atoms with Gasteiger partial charge in [-0.3, -0.25) is 0 Å². The van der Waals surface area contributed by atoms with Crippen LogP contribution in [-0.4, -0.2) is 13.1 Å². The fourth-order valence-corrected chi connectivity index (χ4v) is 4.49. The molecule has 1 aliphatic rings. The van der Waals surface area contributed by atoms with E-state index in [1.54, 1.807) is 0 Å². The minimum Gasteiger partial charge on any atom is -0.317 e. The highest BCUT2D eigenvalue weighted by Crippen LogP contribution is 2.49. The summed E-state index contributed by atoms with van der Waals surface area (Å²) >= 11 is 8.19. The lowest BCUT2D eigenvalue weighted by Crippen LogP contribution is -2.34.